The van der Waals surface area contributed by atoms with E-state index in [2.05, 4.69) is 27.4 Å². The molecule has 1 spiro atoms. The van der Waals surface area contributed by atoms with Crippen LogP contribution in [0.3, 0.4) is 0 Å². The molecule has 2 rings (SSSR count). The summed E-state index contributed by atoms with van der Waals surface area (Å²) in [7, 11) is 0. The van der Waals surface area contributed by atoms with E-state index in [0.29, 0.717) is 5.41 Å². The third kappa shape index (κ3) is 4.33. The molecule has 21 heavy (non-hydrogen) atoms. The van der Waals surface area contributed by atoms with Crippen LogP contribution in [-0.2, 0) is 9.53 Å². The second-order valence-corrected chi connectivity index (χ2v) is 5.99. The van der Waals surface area contributed by atoms with Gasteiger partial charge in [-0.05, 0) is 26.2 Å². The first kappa shape index (κ1) is 16.1. The fourth-order valence-electron chi connectivity index (χ4n) is 2.98. The summed E-state index contributed by atoms with van der Waals surface area (Å²) in [6.45, 7) is 9.53. The van der Waals surface area contributed by atoms with Crippen molar-refractivity contribution >= 4 is 11.9 Å². The van der Waals surface area contributed by atoms with Gasteiger partial charge >= 0.3 is 0 Å². The molecule has 2 heterocycles. The SMILES string of the molecule is CCCNC(=O)CN=C(NCC)N1CCC2(CCOC2)C1. The molecule has 0 aromatic heterocycles. The number of hydrogen-bond donors (Lipinski definition) is 2. The van der Waals surface area contributed by atoms with Crippen LogP contribution in [0, 0.1) is 5.41 Å². The zero-order valence-corrected chi connectivity index (χ0v) is 13.3. The highest BCUT2D eigenvalue weighted by Crippen LogP contribution is 2.38. The Bertz CT molecular complexity index is 378. The molecule has 1 unspecified atom stereocenters. The van der Waals surface area contributed by atoms with Crippen LogP contribution < -0.4 is 10.6 Å². The molecule has 1 amide bonds. The molecule has 6 nitrogen and oxygen atoms in total. The van der Waals surface area contributed by atoms with Crippen molar-refractivity contribution in [2.24, 2.45) is 10.4 Å². The highest BCUT2D eigenvalue weighted by Gasteiger charge is 2.42. The molecule has 2 aliphatic rings. The highest BCUT2D eigenvalue weighted by atomic mass is 16.5. The number of nitrogens with zero attached hydrogens (tertiary/aromatic N) is 2. The van der Waals surface area contributed by atoms with E-state index in [1.807, 2.05) is 6.92 Å². The Morgan fingerprint density at radius 2 is 2.19 bits per heavy atom. The summed E-state index contributed by atoms with van der Waals surface area (Å²) < 4.78 is 5.56. The Hall–Kier alpha value is -1.30. The number of guanidine groups is 1. The molecule has 0 aromatic rings. The van der Waals surface area contributed by atoms with E-state index in [9.17, 15) is 4.79 Å². The zero-order valence-electron chi connectivity index (χ0n) is 13.3. The first-order chi connectivity index (χ1) is 10.2. The topological polar surface area (TPSA) is 66.0 Å². The number of carbonyl (C=O) groups is 1. The molecule has 0 radical (unpaired) electrons. The lowest BCUT2D eigenvalue weighted by Crippen LogP contribution is -2.42. The average Bonchev–Trinajstić information content (AvgIpc) is 3.12. The van der Waals surface area contributed by atoms with Gasteiger partial charge in [-0.2, -0.15) is 0 Å². The van der Waals surface area contributed by atoms with E-state index in [-0.39, 0.29) is 12.5 Å². The van der Waals surface area contributed by atoms with Crippen molar-refractivity contribution in [1.29, 1.82) is 0 Å². The van der Waals surface area contributed by atoms with Gasteiger partial charge in [0.05, 0.1) is 6.61 Å². The Morgan fingerprint density at radius 3 is 2.86 bits per heavy atom. The predicted octanol–water partition coefficient (Wildman–Crippen LogP) is 0.591. The van der Waals surface area contributed by atoms with Gasteiger partial charge in [-0.15, -0.1) is 0 Å². The summed E-state index contributed by atoms with van der Waals surface area (Å²) >= 11 is 0. The van der Waals surface area contributed by atoms with Gasteiger partial charge in [0.25, 0.3) is 0 Å². The number of likely N-dealkylation sites (tertiary alicyclic amines) is 1. The van der Waals surface area contributed by atoms with E-state index < -0.39 is 0 Å². The smallest absolute Gasteiger partial charge is 0.241 e. The number of ether oxygens (including phenoxy) is 1. The maximum Gasteiger partial charge on any atom is 0.241 e. The van der Waals surface area contributed by atoms with Crippen LogP contribution in [0.2, 0.25) is 0 Å². The van der Waals surface area contributed by atoms with Gasteiger partial charge in [-0.3, -0.25) is 4.79 Å². The standard InChI is InChI=1S/C15H28N4O2/c1-3-7-17-13(20)10-18-14(16-4-2)19-8-5-15(11-19)6-9-21-12-15/h3-12H2,1-2H3,(H,16,18)(H,17,20). The fraction of sp³-hybridized carbons (Fsp3) is 0.867. The van der Waals surface area contributed by atoms with Crippen molar-refractivity contribution in [2.45, 2.75) is 33.1 Å². The lowest BCUT2D eigenvalue weighted by Gasteiger charge is -2.24. The molecule has 120 valence electrons. The highest BCUT2D eigenvalue weighted by molar-refractivity contribution is 5.85. The summed E-state index contributed by atoms with van der Waals surface area (Å²) in [5.74, 6) is 0.846. The third-order valence-electron chi connectivity index (χ3n) is 4.20. The molecule has 2 saturated heterocycles. The number of amides is 1. The largest absolute Gasteiger partial charge is 0.381 e. The average molecular weight is 296 g/mol. The van der Waals surface area contributed by atoms with Gasteiger partial charge in [0, 0.05) is 38.2 Å². The van der Waals surface area contributed by atoms with Crippen LogP contribution in [-0.4, -0.2) is 62.7 Å². The minimum Gasteiger partial charge on any atom is -0.381 e. The number of rotatable bonds is 5. The Labute approximate surface area is 127 Å². The summed E-state index contributed by atoms with van der Waals surface area (Å²) in [5.41, 5.74) is 0.306. The molecule has 6 heteroatoms. The lowest BCUT2D eigenvalue weighted by molar-refractivity contribution is -0.119. The summed E-state index contributed by atoms with van der Waals surface area (Å²) in [6.07, 6.45) is 3.24. The van der Waals surface area contributed by atoms with E-state index in [0.717, 1.165) is 64.6 Å². The Balaban J connectivity index is 1.90. The minimum atomic E-state index is -0.00892. The number of carbonyl (C=O) groups excluding carboxylic acids is 1. The number of aliphatic imine (C=N–C) groups is 1. The first-order valence-electron chi connectivity index (χ1n) is 8.07. The van der Waals surface area contributed by atoms with Crippen LogP contribution in [0.4, 0.5) is 0 Å². The van der Waals surface area contributed by atoms with Crippen LogP contribution in [0.5, 0.6) is 0 Å². The van der Waals surface area contributed by atoms with Crippen LogP contribution in [0.15, 0.2) is 4.99 Å². The van der Waals surface area contributed by atoms with Crippen molar-refractivity contribution in [3.05, 3.63) is 0 Å². The molecule has 1 atom stereocenters. The van der Waals surface area contributed by atoms with Gasteiger partial charge in [-0.25, -0.2) is 4.99 Å². The van der Waals surface area contributed by atoms with Crippen molar-refractivity contribution in [2.75, 3.05) is 45.9 Å². The molecule has 2 fully saturated rings. The summed E-state index contributed by atoms with van der Waals surface area (Å²) in [6, 6.07) is 0. The van der Waals surface area contributed by atoms with Crippen LogP contribution >= 0.6 is 0 Å². The summed E-state index contributed by atoms with van der Waals surface area (Å²) in [5, 5.41) is 6.15. The van der Waals surface area contributed by atoms with Crippen molar-refractivity contribution in [3.8, 4) is 0 Å². The Kier molecular flexibility index (Phi) is 5.85. The van der Waals surface area contributed by atoms with Gasteiger partial charge in [-0.1, -0.05) is 6.92 Å². The van der Waals surface area contributed by atoms with E-state index in [1.165, 1.54) is 0 Å². The van der Waals surface area contributed by atoms with Gasteiger partial charge in [0.2, 0.25) is 5.91 Å². The molecular formula is C15H28N4O2. The lowest BCUT2D eigenvalue weighted by atomic mass is 9.87. The second-order valence-electron chi connectivity index (χ2n) is 5.99. The van der Waals surface area contributed by atoms with Crippen LogP contribution in [0.1, 0.15) is 33.1 Å². The molecule has 0 bridgehead atoms. The van der Waals surface area contributed by atoms with Gasteiger partial charge < -0.3 is 20.3 Å². The predicted molar refractivity (Wildman–Crippen MR) is 83.3 cm³/mol. The van der Waals surface area contributed by atoms with Crippen molar-refractivity contribution < 1.29 is 9.53 Å². The Morgan fingerprint density at radius 1 is 1.33 bits per heavy atom. The second kappa shape index (κ2) is 7.64. The van der Waals surface area contributed by atoms with E-state index in [4.69, 9.17) is 4.74 Å². The quantitative estimate of drug-likeness (QED) is 0.576. The summed E-state index contributed by atoms with van der Waals surface area (Å²) in [4.78, 5) is 18.4. The normalized spacial score (nSPS) is 25.6. The first-order valence-corrected chi connectivity index (χ1v) is 8.07. The van der Waals surface area contributed by atoms with Crippen molar-refractivity contribution in [1.82, 2.24) is 15.5 Å². The van der Waals surface area contributed by atoms with E-state index >= 15 is 0 Å². The maximum absolute atomic E-state index is 11.7. The van der Waals surface area contributed by atoms with Crippen LogP contribution in [0.25, 0.3) is 0 Å². The maximum atomic E-state index is 11.7. The zero-order chi connectivity index (χ0) is 15.1. The fourth-order valence-corrected chi connectivity index (χ4v) is 2.98. The van der Waals surface area contributed by atoms with Gasteiger partial charge in [0.15, 0.2) is 5.96 Å². The van der Waals surface area contributed by atoms with Crippen molar-refractivity contribution in [3.63, 3.8) is 0 Å². The molecule has 0 saturated carbocycles. The molecule has 2 aliphatic heterocycles. The molecule has 0 aliphatic carbocycles. The third-order valence-corrected chi connectivity index (χ3v) is 4.20. The minimum absolute atomic E-state index is 0.00892. The van der Waals surface area contributed by atoms with E-state index in [1.54, 1.807) is 0 Å². The number of nitrogens with one attached hydrogen (secondary N) is 2. The number of hydrogen-bond acceptors (Lipinski definition) is 3. The molecular weight excluding hydrogens is 268 g/mol. The van der Waals surface area contributed by atoms with Gasteiger partial charge in [0.1, 0.15) is 6.54 Å². The molecule has 2 N–H and O–H groups in total. The monoisotopic (exact) mass is 296 g/mol. The molecule has 0 aromatic carbocycles.